The minimum Gasteiger partial charge on any atom is -0.339 e. The quantitative estimate of drug-likeness (QED) is 0.358. The molecule has 0 aliphatic carbocycles. The second kappa shape index (κ2) is 9.75. The molecule has 0 spiro atoms. The van der Waals surface area contributed by atoms with Crippen LogP contribution in [0, 0.1) is 5.41 Å². The lowest BCUT2D eigenvalue weighted by Gasteiger charge is -2.36. The van der Waals surface area contributed by atoms with Crippen LogP contribution in [0.25, 0.3) is 10.9 Å². The number of piperidine rings is 1. The van der Waals surface area contributed by atoms with Gasteiger partial charge < -0.3 is 10.7 Å². The number of hydrogen-bond donors (Lipinski definition) is 1. The van der Waals surface area contributed by atoms with Crippen molar-refractivity contribution in [3.63, 3.8) is 0 Å². The molecular formula is C29H37N3O2. The number of benzene rings is 2. The van der Waals surface area contributed by atoms with Crippen molar-refractivity contribution in [2.75, 3.05) is 25.5 Å². The van der Waals surface area contributed by atoms with Crippen LogP contribution in [0.15, 0.2) is 48.7 Å². The van der Waals surface area contributed by atoms with Gasteiger partial charge in [0.05, 0.1) is 5.52 Å². The highest BCUT2D eigenvalue weighted by Crippen LogP contribution is 2.35. The van der Waals surface area contributed by atoms with Gasteiger partial charge in [0, 0.05) is 41.2 Å². The highest BCUT2D eigenvalue weighted by atomic mass is 16.1. The zero-order valence-electron chi connectivity index (χ0n) is 20.9. The van der Waals surface area contributed by atoms with E-state index in [0.29, 0.717) is 34.4 Å². The van der Waals surface area contributed by atoms with E-state index in [-0.39, 0.29) is 11.6 Å². The number of hydrogen-bond acceptors (Lipinski definition) is 4. The molecule has 4 rings (SSSR count). The summed E-state index contributed by atoms with van der Waals surface area (Å²) in [5.74, 6) is 6.63. The summed E-state index contributed by atoms with van der Waals surface area (Å²) in [4.78, 5) is 28.7. The highest BCUT2D eigenvalue weighted by molar-refractivity contribution is 6.16. The van der Waals surface area contributed by atoms with Gasteiger partial charge in [-0.15, -0.1) is 0 Å². The molecule has 2 aromatic carbocycles. The zero-order chi connectivity index (χ0) is 24.5. The van der Waals surface area contributed by atoms with Crippen LogP contribution in [0.5, 0.6) is 0 Å². The summed E-state index contributed by atoms with van der Waals surface area (Å²) in [5.41, 5.74) is 4.03. The predicted octanol–water partition coefficient (Wildman–Crippen LogP) is 5.79. The summed E-state index contributed by atoms with van der Waals surface area (Å²) in [6.45, 7) is 12.1. The number of likely N-dealkylation sites (tertiary alicyclic amines) is 1. The Bertz CT molecular complexity index is 1190. The Morgan fingerprint density at radius 3 is 2.35 bits per heavy atom. The molecule has 5 heteroatoms. The number of nitrogens with zero attached hydrogens (tertiary/aromatic N) is 2. The number of ketones is 2. The summed E-state index contributed by atoms with van der Waals surface area (Å²) in [6.07, 6.45) is 5.40. The molecule has 1 aromatic heterocycles. The lowest BCUT2D eigenvalue weighted by molar-refractivity contribution is 0.0966. The Balaban J connectivity index is 1.63. The Morgan fingerprint density at radius 2 is 1.71 bits per heavy atom. The van der Waals surface area contributed by atoms with Crippen molar-refractivity contribution in [3.05, 3.63) is 70.9 Å². The molecule has 0 saturated carbocycles. The average molecular weight is 460 g/mol. The van der Waals surface area contributed by atoms with Crippen molar-refractivity contribution in [1.82, 2.24) is 9.58 Å². The Labute approximate surface area is 202 Å². The maximum Gasteiger partial charge on any atom is 0.193 e. The van der Waals surface area contributed by atoms with E-state index >= 15 is 0 Å². The summed E-state index contributed by atoms with van der Waals surface area (Å²) in [7, 11) is 0. The average Bonchev–Trinajstić information content (AvgIpc) is 3.14. The number of Topliss-reactive ketones (excluding diaryl/α,β-unsaturated/α-hetero) is 1. The second-order valence-corrected chi connectivity index (χ2v) is 10.9. The smallest absolute Gasteiger partial charge is 0.193 e. The molecule has 2 heterocycles. The lowest BCUT2D eigenvalue weighted by Crippen LogP contribution is -2.38. The third-order valence-corrected chi connectivity index (χ3v) is 6.80. The van der Waals surface area contributed by atoms with Gasteiger partial charge in [-0.2, -0.15) is 0 Å². The zero-order valence-corrected chi connectivity index (χ0v) is 20.9. The van der Waals surface area contributed by atoms with Crippen LogP contribution in [0.1, 0.15) is 91.1 Å². The van der Waals surface area contributed by atoms with Crippen LogP contribution >= 0.6 is 0 Å². The number of carbonyl (C=O) groups is 2. The first-order valence-corrected chi connectivity index (χ1v) is 12.5. The van der Waals surface area contributed by atoms with Gasteiger partial charge in [-0.25, -0.2) is 0 Å². The first-order valence-electron chi connectivity index (χ1n) is 12.5. The molecule has 2 N–H and O–H groups in total. The molecule has 180 valence electrons. The molecule has 0 unspecified atom stereocenters. The van der Waals surface area contributed by atoms with Gasteiger partial charge in [0.25, 0.3) is 0 Å². The first kappa shape index (κ1) is 24.2. The van der Waals surface area contributed by atoms with E-state index in [1.165, 1.54) is 5.56 Å². The molecule has 0 radical (unpaired) electrons. The lowest BCUT2D eigenvalue weighted by atomic mass is 9.87. The summed E-state index contributed by atoms with van der Waals surface area (Å²) < 4.78 is 1.68. The van der Waals surface area contributed by atoms with Crippen molar-refractivity contribution >= 4 is 22.5 Å². The number of aromatic nitrogens is 1. The SMILES string of the molecule is CCCC(=O)c1ccccc1C(=O)c1ccc2c(c1)c(C1CCN(CC(C)(C)C)CC1)cn2N. The standard InChI is InChI=1S/C29H37N3O2/c1-5-8-27(33)22-9-6-7-10-23(22)28(34)21-11-12-26-24(17-21)25(18-32(26)30)20-13-15-31(16-14-20)19-29(2,3)4/h6-7,9-12,17-18,20H,5,8,13-16,19,30H2,1-4H3. The van der Waals surface area contributed by atoms with Crippen LogP contribution in [0.2, 0.25) is 0 Å². The molecule has 0 amide bonds. The maximum absolute atomic E-state index is 13.5. The fourth-order valence-corrected chi connectivity index (χ4v) is 5.26. The van der Waals surface area contributed by atoms with E-state index < -0.39 is 0 Å². The summed E-state index contributed by atoms with van der Waals surface area (Å²) >= 11 is 0. The second-order valence-electron chi connectivity index (χ2n) is 10.9. The van der Waals surface area contributed by atoms with Crippen LogP contribution in [0.4, 0.5) is 0 Å². The molecule has 1 fully saturated rings. The molecule has 1 aliphatic rings. The van der Waals surface area contributed by atoms with Crippen molar-refractivity contribution in [2.45, 2.75) is 59.3 Å². The largest absolute Gasteiger partial charge is 0.339 e. The molecule has 0 atom stereocenters. The molecule has 5 nitrogen and oxygen atoms in total. The maximum atomic E-state index is 13.5. The highest BCUT2D eigenvalue weighted by Gasteiger charge is 2.26. The van der Waals surface area contributed by atoms with Crippen molar-refractivity contribution in [2.24, 2.45) is 5.41 Å². The summed E-state index contributed by atoms with van der Waals surface area (Å²) in [5, 5.41) is 1.04. The number of rotatable bonds is 7. The fraction of sp³-hybridized carbons (Fsp3) is 0.448. The first-order chi connectivity index (χ1) is 16.2. The van der Waals surface area contributed by atoms with Crippen LogP contribution < -0.4 is 5.84 Å². The van der Waals surface area contributed by atoms with E-state index in [9.17, 15) is 9.59 Å². The van der Waals surface area contributed by atoms with Gasteiger partial charge in [0.2, 0.25) is 0 Å². The predicted molar refractivity (Wildman–Crippen MR) is 139 cm³/mol. The topological polar surface area (TPSA) is 68.3 Å². The van der Waals surface area contributed by atoms with Crippen molar-refractivity contribution < 1.29 is 9.59 Å². The van der Waals surface area contributed by atoms with Crippen LogP contribution in [-0.2, 0) is 0 Å². The van der Waals surface area contributed by atoms with Crippen LogP contribution in [0.3, 0.4) is 0 Å². The minimum atomic E-state index is -0.113. The van der Waals surface area contributed by atoms with E-state index in [1.807, 2.05) is 43.5 Å². The van der Waals surface area contributed by atoms with Gasteiger partial charge in [0.15, 0.2) is 11.6 Å². The van der Waals surface area contributed by atoms with E-state index in [4.69, 9.17) is 5.84 Å². The molecule has 34 heavy (non-hydrogen) atoms. The number of nitrogen functional groups attached to an aromatic ring is 1. The third-order valence-electron chi connectivity index (χ3n) is 6.80. The van der Waals surface area contributed by atoms with E-state index in [0.717, 1.165) is 49.8 Å². The molecule has 1 aliphatic heterocycles. The van der Waals surface area contributed by atoms with Gasteiger partial charge >= 0.3 is 0 Å². The van der Waals surface area contributed by atoms with E-state index in [2.05, 4.69) is 25.7 Å². The van der Waals surface area contributed by atoms with Gasteiger partial charge in [-0.1, -0.05) is 52.0 Å². The van der Waals surface area contributed by atoms with Crippen molar-refractivity contribution in [1.29, 1.82) is 0 Å². The van der Waals surface area contributed by atoms with Gasteiger partial charge in [-0.3, -0.25) is 14.3 Å². The van der Waals surface area contributed by atoms with Crippen molar-refractivity contribution in [3.8, 4) is 0 Å². The van der Waals surface area contributed by atoms with Crippen LogP contribution in [-0.4, -0.2) is 40.8 Å². The van der Waals surface area contributed by atoms with Gasteiger partial charge in [0.1, 0.15) is 0 Å². The number of nitrogens with two attached hydrogens (primary N) is 1. The third kappa shape index (κ3) is 5.10. The van der Waals surface area contributed by atoms with E-state index in [1.54, 1.807) is 16.8 Å². The molecule has 3 aromatic rings. The molecule has 0 bridgehead atoms. The fourth-order valence-electron chi connectivity index (χ4n) is 5.26. The number of fused-ring (bicyclic) bond motifs is 1. The molecule has 1 saturated heterocycles. The Hall–Kier alpha value is -2.92. The van der Waals surface area contributed by atoms with Gasteiger partial charge in [-0.05, 0) is 67.4 Å². The minimum absolute atomic E-state index is 0.0170. The Kier molecular flexibility index (Phi) is 6.94. The Morgan fingerprint density at radius 1 is 1.03 bits per heavy atom. The normalized spacial score (nSPS) is 15.6. The molecular weight excluding hydrogens is 422 g/mol. The summed E-state index contributed by atoms with van der Waals surface area (Å²) in [6, 6.07) is 12.9. The monoisotopic (exact) mass is 459 g/mol. The number of carbonyl (C=O) groups excluding carboxylic acids is 2.